The van der Waals surface area contributed by atoms with Crippen LogP contribution in [0.15, 0.2) is 30.3 Å². The highest BCUT2D eigenvalue weighted by Gasteiger charge is 2.31. The molecule has 0 saturated heterocycles. The third kappa shape index (κ3) is 4.33. The third-order valence-electron chi connectivity index (χ3n) is 3.83. The van der Waals surface area contributed by atoms with Gasteiger partial charge in [0.1, 0.15) is 5.54 Å². The maximum absolute atomic E-state index is 9.78. The average Bonchev–Trinajstić information content (AvgIpc) is 2.52. The van der Waals surface area contributed by atoms with Gasteiger partial charge in [-0.3, -0.25) is 5.32 Å². The van der Waals surface area contributed by atoms with Gasteiger partial charge in [-0.2, -0.15) is 5.26 Å². The van der Waals surface area contributed by atoms with Crippen LogP contribution in [-0.4, -0.2) is 31.1 Å². The van der Waals surface area contributed by atoms with E-state index in [1.807, 2.05) is 30.3 Å². The normalized spacial score (nSPS) is 13.9. The molecule has 1 N–H and O–H groups in total. The molecule has 0 amide bonds. The molecular weight excluding hydrogens is 246 g/mol. The van der Waals surface area contributed by atoms with Crippen LogP contribution in [-0.2, 0) is 5.54 Å². The second kappa shape index (κ2) is 8.73. The van der Waals surface area contributed by atoms with Gasteiger partial charge in [-0.1, -0.05) is 51.1 Å². The third-order valence-corrected chi connectivity index (χ3v) is 3.83. The van der Waals surface area contributed by atoms with Crippen LogP contribution in [0.1, 0.15) is 39.2 Å². The lowest BCUT2D eigenvalue weighted by molar-refractivity contribution is 0.260. The number of benzene rings is 1. The predicted molar refractivity (Wildman–Crippen MR) is 84.4 cm³/mol. The smallest absolute Gasteiger partial charge is 0.133 e. The van der Waals surface area contributed by atoms with Gasteiger partial charge in [0.25, 0.3) is 0 Å². The number of hydrogen-bond donors (Lipinski definition) is 1. The highest BCUT2D eigenvalue weighted by molar-refractivity contribution is 5.31. The van der Waals surface area contributed by atoms with Crippen molar-refractivity contribution in [2.75, 3.05) is 26.2 Å². The highest BCUT2D eigenvalue weighted by atomic mass is 15.1. The van der Waals surface area contributed by atoms with Gasteiger partial charge in [-0.15, -0.1) is 0 Å². The van der Waals surface area contributed by atoms with Crippen LogP contribution >= 0.6 is 0 Å². The zero-order chi connectivity index (χ0) is 14.8. The summed E-state index contributed by atoms with van der Waals surface area (Å²) in [5, 5.41) is 13.2. The van der Waals surface area contributed by atoms with Crippen molar-refractivity contribution in [3.63, 3.8) is 0 Å². The predicted octanol–water partition coefficient (Wildman–Crippen LogP) is 3.14. The Kier molecular flexibility index (Phi) is 7.28. The molecule has 1 aromatic carbocycles. The molecule has 0 bridgehead atoms. The molecule has 0 heterocycles. The molecule has 0 radical (unpaired) electrons. The Morgan fingerprint density at radius 2 is 1.80 bits per heavy atom. The van der Waals surface area contributed by atoms with E-state index in [2.05, 4.69) is 37.1 Å². The van der Waals surface area contributed by atoms with Crippen molar-refractivity contribution in [3.8, 4) is 6.07 Å². The molecule has 3 heteroatoms. The standard InChI is InChI=1S/C17H27N3/c1-4-13-19-17(15-18,12-14-20(5-2)6-3)16-10-8-7-9-11-16/h7-11,19H,4-6,12-14H2,1-3H3. The minimum Gasteiger partial charge on any atom is -0.304 e. The molecule has 0 saturated carbocycles. The SMILES string of the molecule is CCCNC(C#N)(CCN(CC)CC)c1ccccc1. The molecule has 3 nitrogen and oxygen atoms in total. The summed E-state index contributed by atoms with van der Waals surface area (Å²) >= 11 is 0. The Morgan fingerprint density at radius 1 is 1.15 bits per heavy atom. The number of rotatable bonds is 9. The topological polar surface area (TPSA) is 39.1 Å². The largest absolute Gasteiger partial charge is 0.304 e. The van der Waals surface area contributed by atoms with Crippen LogP contribution in [0, 0.1) is 11.3 Å². The van der Waals surface area contributed by atoms with Crippen LogP contribution < -0.4 is 5.32 Å². The van der Waals surface area contributed by atoms with Gasteiger partial charge in [-0.25, -0.2) is 0 Å². The first kappa shape index (κ1) is 16.7. The molecular formula is C17H27N3. The first-order chi connectivity index (χ1) is 9.72. The summed E-state index contributed by atoms with van der Waals surface area (Å²) in [5.41, 5.74) is 0.503. The van der Waals surface area contributed by atoms with Crippen molar-refractivity contribution in [2.45, 2.75) is 39.2 Å². The van der Waals surface area contributed by atoms with E-state index in [9.17, 15) is 5.26 Å². The van der Waals surface area contributed by atoms with Crippen molar-refractivity contribution in [2.24, 2.45) is 0 Å². The van der Waals surface area contributed by atoms with Gasteiger partial charge in [0.15, 0.2) is 0 Å². The summed E-state index contributed by atoms with van der Waals surface area (Å²) < 4.78 is 0. The summed E-state index contributed by atoms with van der Waals surface area (Å²) in [5.74, 6) is 0. The van der Waals surface area contributed by atoms with Crippen molar-refractivity contribution in [1.82, 2.24) is 10.2 Å². The van der Waals surface area contributed by atoms with E-state index >= 15 is 0 Å². The van der Waals surface area contributed by atoms with Gasteiger partial charge >= 0.3 is 0 Å². The van der Waals surface area contributed by atoms with Gasteiger partial charge in [-0.05, 0) is 38.0 Å². The molecule has 0 aliphatic heterocycles. The maximum atomic E-state index is 9.78. The summed E-state index contributed by atoms with van der Waals surface area (Å²) in [6.45, 7) is 10.3. The van der Waals surface area contributed by atoms with Crippen molar-refractivity contribution < 1.29 is 0 Å². The number of nitriles is 1. The number of nitrogens with one attached hydrogen (secondary N) is 1. The molecule has 0 spiro atoms. The van der Waals surface area contributed by atoms with Gasteiger partial charge < -0.3 is 4.90 Å². The molecule has 110 valence electrons. The van der Waals surface area contributed by atoms with Crippen LogP contribution in [0.5, 0.6) is 0 Å². The van der Waals surface area contributed by atoms with E-state index < -0.39 is 5.54 Å². The molecule has 0 aliphatic rings. The highest BCUT2D eigenvalue weighted by Crippen LogP contribution is 2.25. The lowest BCUT2D eigenvalue weighted by Crippen LogP contribution is -2.44. The zero-order valence-electron chi connectivity index (χ0n) is 13.0. The van der Waals surface area contributed by atoms with E-state index in [-0.39, 0.29) is 0 Å². The minimum atomic E-state index is -0.570. The van der Waals surface area contributed by atoms with E-state index in [0.717, 1.165) is 44.6 Å². The number of nitrogens with zero attached hydrogens (tertiary/aromatic N) is 2. The second-order valence-corrected chi connectivity index (χ2v) is 5.09. The van der Waals surface area contributed by atoms with Gasteiger partial charge in [0, 0.05) is 6.54 Å². The van der Waals surface area contributed by atoms with E-state index in [0.29, 0.717) is 0 Å². The molecule has 1 atom stereocenters. The Morgan fingerprint density at radius 3 is 2.30 bits per heavy atom. The summed E-state index contributed by atoms with van der Waals surface area (Å²) in [7, 11) is 0. The van der Waals surface area contributed by atoms with Gasteiger partial charge in [0.05, 0.1) is 6.07 Å². The monoisotopic (exact) mass is 273 g/mol. The second-order valence-electron chi connectivity index (χ2n) is 5.09. The van der Waals surface area contributed by atoms with Crippen molar-refractivity contribution >= 4 is 0 Å². The number of hydrogen-bond acceptors (Lipinski definition) is 3. The van der Waals surface area contributed by atoms with E-state index in [1.54, 1.807) is 0 Å². The van der Waals surface area contributed by atoms with Gasteiger partial charge in [0.2, 0.25) is 0 Å². The van der Waals surface area contributed by atoms with Crippen molar-refractivity contribution in [3.05, 3.63) is 35.9 Å². The lowest BCUT2D eigenvalue weighted by atomic mass is 9.87. The van der Waals surface area contributed by atoms with Crippen molar-refractivity contribution in [1.29, 1.82) is 5.26 Å². The average molecular weight is 273 g/mol. The fourth-order valence-corrected chi connectivity index (χ4v) is 2.42. The molecule has 1 unspecified atom stereocenters. The van der Waals surface area contributed by atoms with E-state index in [1.165, 1.54) is 0 Å². The summed E-state index contributed by atoms with van der Waals surface area (Å²) in [6.07, 6.45) is 1.84. The minimum absolute atomic E-state index is 0.570. The zero-order valence-corrected chi connectivity index (χ0v) is 13.0. The maximum Gasteiger partial charge on any atom is 0.133 e. The molecule has 0 aliphatic carbocycles. The Hall–Kier alpha value is -1.37. The summed E-state index contributed by atoms with van der Waals surface area (Å²) in [4.78, 5) is 2.36. The molecule has 1 aromatic rings. The van der Waals surface area contributed by atoms with Crippen LogP contribution in [0.4, 0.5) is 0 Å². The fourth-order valence-electron chi connectivity index (χ4n) is 2.42. The Labute approximate surface area is 123 Å². The molecule has 20 heavy (non-hydrogen) atoms. The first-order valence-corrected chi connectivity index (χ1v) is 7.66. The summed E-state index contributed by atoms with van der Waals surface area (Å²) in [6, 6.07) is 12.6. The molecule has 1 rings (SSSR count). The lowest BCUT2D eigenvalue weighted by Gasteiger charge is -2.31. The molecule has 0 aromatic heterocycles. The van der Waals surface area contributed by atoms with Crippen LogP contribution in [0.3, 0.4) is 0 Å². The fraction of sp³-hybridized carbons (Fsp3) is 0.588. The van der Waals surface area contributed by atoms with Crippen LogP contribution in [0.2, 0.25) is 0 Å². The first-order valence-electron chi connectivity index (χ1n) is 7.66. The van der Waals surface area contributed by atoms with E-state index in [4.69, 9.17) is 0 Å². The quantitative estimate of drug-likeness (QED) is 0.751. The Bertz CT molecular complexity index is 406. The van der Waals surface area contributed by atoms with Crippen LogP contribution in [0.25, 0.3) is 0 Å². The molecule has 0 fully saturated rings. The Balaban J connectivity index is 2.92.